The standard InChI is InChI=1S/C9H6FNO.C4H5N/c10-11-8-4-2-1-3-7(8)5-6-9(11)12;1-2-4-5-3-1/h1-6H;1-5H. The fourth-order valence-corrected chi connectivity index (χ4v) is 1.43. The molecule has 4 heteroatoms. The third-order valence-electron chi connectivity index (χ3n) is 2.24. The van der Waals surface area contributed by atoms with E-state index in [2.05, 4.69) is 4.98 Å². The Bertz CT molecular complexity index is 627. The Balaban J connectivity index is 0.000000181. The molecule has 0 fully saturated rings. The van der Waals surface area contributed by atoms with Gasteiger partial charge in [0.25, 0.3) is 5.56 Å². The summed E-state index contributed by atoms with van der Waals surface area (Å²) in [5.41, 5.74) is -0.321. The molecular formula is C13H11FN2O. The van der Waals surface area contributed by atoms with Crippen molar-refractivity contribution in [3.63, 3.8) is 0 Å². The number of pyridine rings is 1. The third kappa shape index (κ3) is 2.60. The number of fused-ring (bicyclic) bond motifs is 1. The molecule has 0 aliphatic heterocycles. The molecule has 0 bridgehead atoms. The minimum Gasteiger partial charge on any atom is -0.368 e. The molecule has 0 amide bonds. The highest BCUT2D eigenvalue weighted by Gasteiger charge is 1.98. The highest BCUT2D eigenvalue weighted by Crippen LogP contribution is 2.09. The van der Waals surface area contributed by atoms with Crippen LogP contribution in [0.5, 0.6) is 0 Å². The zero-order valence-corrected chi connectivity index (χ0v) is 9.01. The van der Waals surface area contributed by atoms with Crippen LogP contribution in [0.15, 0.2) is 65.7 Å². The number of hydrogen-bond donors (Lipinski definition) is 1. The summed E-state index contributed by atoms with van der Waals surface area (Å²) in [4.78, 5) is 13.8. The number of hydrogen-bond acceptors (Lipinski definition) is 1. The predicted octanol–water partition coefficient (Wildman–Crippen LogP) is 2.75. The van der Waals surface area contributed by atoms with E-state index in [0.29, 0.717) is 5.52 Å². The van der Waals surface area contributed by atoms with Crippen molar-refractivity contribution < 1.29 is 4.48 Å². The maximum atomic E-state index is 13.0. The molecule has 0 spiro atoms. The molecule has 0 aliphatic carbocycles. The Kier molecular flexibility index (Phi) is 3.35. The average molecular weight is 230 g/mol. The topological polar surface area (TPSA) is 37.8 Å². The summed E-state index contributed by atoms with van der Waals surface area (Å²) in [6.07, 6.45) is 3.75. The van der Waals surface area contributed by atoms with Gasteiger partial charge in [-0.1, -0.05) is 22.7 Å². The van der Waals surface area contributed by atoms with E-state index < -0.39 is 5.56 Å². The van der Waals surface area contributed by atoms with Crippen LogP contribution < -0.4 is 5.56 Å². The lowest BCUT2D eigenvalue weighted by Gasteiger charge is -1.97. The number of aromatic amines is 1. The minimum absolute atomic E-state index is 0.148. The van der Waals surface area contributed by atoms with Gasteiger partial charge in [0.2, 0.25) is 0 Å². The number of rotatable bonds is 0. The molecule has 0 saturated heterocycles. The maximum Gasteiger partial charge on any atom is 0.279 e. The molecule has 0 unspecified atom stereocenters. The van der Waals surface area contributed by atoms with Crippen molar-refractivity contribution in [2.24, 2.45) is 0 Å². The van der Waals surface area contributed by atoms with Gasteiger partial charge in [-0.25, -0.2) is 0 Å². The van der Waals surface area contributed by atoms with Gasteiger partial charge in [-0.3, -0.25) is 4.79 Å². The van der Waals surface area contributed by atoms with Crippen molar-refractivity contribution >= 4 is 10.9 Å². The van der Waals surface area contributed by atoms with E-state index in [9.17, 15) is 9.28 Å². The van der Waals surface area contributed by atoms with Crippen LogP contribution in [-0.4, -0.2) is 9.77 Å². The van der Waals surface area contributed by atoms with Crippen LogP contribution in [0.4, 0.5) is 4.48 Å². The van der Waals surface area contributed by atoms with Gasteiger partial charge in [-0.05, 0) is 24.3 Å². The number of H-pyrrole nitrogens is 1. The number of nitrogens with one attached hydrogen (secondary N) is 1. The van der Waals surface area contributed by atoms with Crippen LogP contribution in [0.2, 0.25) is 0 Å². The van der Waals surface area contributed by atoms with Gasteiger partial charge >= 0.3 is 0 Å². The summed E-state index contributed by atoms with van der Waals surface area (Å²) >= 11 is 0. The summed E-state index contributed by atoms with van der Waals surface area (Å²) in [6, 6.07) is 13.5. The van der Waals surface area contributed by atoms with Crippen molar-refractivity contribution in [1.82, 2.24) is 9.77 Å². The van der Waals surface area contributed by atoms with Crippen molar-refractivity contribution in [1.29, 1.82) is 0 Å². The zero-order chi connectivity index (χ0) is 12.1. The van der Waals surface area contributed by atoms with E-state index in [1.807, 2.05) is 24.5 Å². The smallest absolute Gasteiger partial charge is 0.279 e. The number of halogens is 1. The second-order valence-electron chi connectivity index (χ2n) is 3.40. The van der Waals surface area contributed by atoms with Gasteiger partial charge in [-0.15, -0.1) is 4.79 Å². The van der Waals surface area contributed by atoms with E-state index in [0.717, 1.165) is 5.39 Å². The Morgan fingerprint density at radius 1 is 0.941 bits per heavy atom. The van der Waals surface area contributed by atoms with Crippen molar-refractivity contribution in [2.75, 3.05) is 0 Å². The van der Waals surface area contributed by atoms with Crippen molar-refractivity contribution in [2.45, 2.75) is 0 Å². The average Bonchev–Trinajstić information content (AvgIpc) is 2.93. The van der Waals surface area contributed by atoms with E-state index in [1.165, 1.54) is 6.07 Å². The molecular weight excluding hydrogens is 219 g/mol. The first-order valence-corrected chi connectivity index (χ1v) is 5.14. The predicted molar refractivity (Wildman–Crippen MR) is 65.5 cm³/mol. The lowest BCUT2D eigenvalue weighted by atomic mass is 10.2. The molecule has 2 heterocycles. The highest BCUT2D eigenvalue weighted by molar-refractivity contribution is 5.78. The van der Waals surface area contributed by atoms with Gasteiger partial charge < -0.3 is 4.98 Å². The largest absolute Gasteiger partial charge is 0.368 e. The number of benzene rings is 1. The quantitative estimate of drug-likeness (QED) is 0.633. The number of nitrogens with zero attached hydrogens (tertiary/aromatic N) is 1. The van der Waals surface area contributed by atoms with Crippen LogP contribution in [0, 0.1) is 0 Å². The summed E-state index contributed by atoms with van der Waals surface area (Å²) in [7, 11) is 0. The van der Waals surface area contributed by atoms with Gasteiger partial charge in [0, 0.05) is 23.8 Å². The van der Waals surface area contributed by atoms with Crippen LogP contribution >= 0.6 is 0 Å². The minimum atomic E-state index is -0.631. The van der Waals surface area contributed by atoms with Crippen LogP contribution in [-0.2, 0) is 0 Å². The molecule has 2 aromatic heterocycles. The lowest BCUT2D eigenvalue weighted by Crippen LogP contribution is -2.11. The molecule has 3 aromatic rings. The summed E-state index contributed by atoms with van der Waals surface area (Å²) in [5.74, 6) is 0. The van der Waals surface area contributed by atoms with Gasteiger partial charge in [0.15, 0.2) is 0 Å². The zero-order valence-electron chi connectivity index (χ0n) is 9.01. The van der Waals surface area contributed by atoms with E-state index in [1.54, 1.807) is 30.3 Å². The lowest BCUT2D eigenvalue weighted by molar-refractivity contribution is 0.371. The SMILES string of the molecule is O=c1ccc2ccccc2n1F.c1cc[nH]c1. The first-order valence-electron chi connectivity index (χ1n) is 5.14. The maximum absolute atomic E-state index is 13.0. The molecule has 0 atom stereocenters. The molecule has 0 saturated carbocycles. The summed E-state index contributed by atoms with van der Waals surface area (Å²) in [6.45, 7) is 0. The number of aromatic nitrogens is 2. The van der Waals surface area contributed by atoms with Gasteiger partial charge in [0.1, 0.15) is 0 Å². The monoisotopic (exact) mass is 230 g/mol. The van der Waals surface area contributed by atoms with E-state index in [-0.39, 0.29) is 4.79 Å². The fraction of sp³-hybridized carbons (Fsp3) is 0. The number of para-hydroxylation sites is 1. The van der Waals surface area contributed by atoms with E-state index in [4.69, 9.17) is 0 Å². The van der Waals surface area contributed by atoms with Crippen LogP contribution in [0.1, 0.15) is 0 Å². The normalized spacial score (nSPS) is 9.71. The van der Waals surface area contributed by atoms with Crippen molar-refractivity contribution in [3.05, 3.63) is 71.3 Å². The Morgan fingerprint density at radius 3 is 2.29 bits per heavy atom. The molecule has 17 heavy (non-hydrogen) atoms. The first-order chi connectivity index (χ1) is 8.29. The molecule has 0 aliphatic rings. The summed E-state index contributed by atoms with van der Waals surface area (Å²) in [5, 5.41) is 0.722. The Morgan fingerprint density at radius 2 is 1.65 bits per heavy atom. The van der Waals surface area contributed by atoms with Crippen LogP contribution in [0.25, 0.3) is 10.9 Å². The van der Waals surface area contributed by atoms with E-state index >= 15 is 0 Å². The molecule has 86 valence electrons. The van der Waals surface area contributed by atoms with Gasteiger partial charge in [-0.2, -0.15) is 0 Å². The van der Waals surface area contributed by atoms with Crippen LogP contribution in [0.3, 0.4) is 0 Å². The molecule has 3 rings (SSSR count). The molecule has 1 aromatic carbocycles. The second-order valence-corrected chi connectivity index (χ2v) is 3.40. The Hall–Kier alpha value is -2.36. The second kappa shape index (κ2) is 5.12. The highest BCUT2D eigenvalue weighted by atomic mass is 19.2. The molecule has 1 N–H and O–H groups in total. The summed E-state index contributed by atoms with van der Waals surface area (Å²) < 4.78 is 13.0. The first kappa shape index (κ1) is 11.1. The Labute approximate surface area is 97.1 Å². The van der Waals surface area contributed by atoms with Crippen molar-refractivity contribution in [3.8, 4) is 0 Å². The van der Waals surface area contributed by atoms with Gasteiger partial charge in [0.05, 0.1) is 5.52 Å². The molecule has 0 radical (unpaired) electrons. The fourth-order valence-electron chi connectivity index (χ4n) is 1.43. The molecule has 3 nitrogen and oxygen atoms in total. The third-order valence-corrected chi connectivity index (χ3v) is 2.24.